The zero-order chi connectivity index (χ0) is 26.7. The summed E-state index contributed by atoms with van der Waals surface area (Å²) >= 11 is 0. The van der Waals surface area contributed by atoms with Gasteiger partial charge in [0.25, 0.3) is 0 Å². The molecule has 4 heteroatoms. The van der Waals surface area contributed by atoms with Crippen LogP contribution in [-0.4, -0.2) is 21.7 Å². The molecule has 38 heavy (non-hydrogen) atoms. The van der Waals surface area contributed by atoms with E-state index >= 15 is 0 Å². The lowest BCUT2D eigenvalue weighted by molar-refractivity contribution is -0.145. The van der Waals surface area contributed by atoms with Crippen LogP contribution in [0.25, 0.3) is 11.3 Å². The zero-order valence-electron chi connectivity index (χ0n) is 22.6. The third-order valence-electron chi connectivity index (χ3n) is 7.11. The number of aryl methyl sites for hydroxylation is 3. The van der Waals surface area contributed by atoms with Crippen molar-refractivity contribution in [3.05, 3.63) is 113 Å². The third kappa shape index (κ3) is 7.61. The molecule has 0 radical (unpaired) electrons. The number of rotatable bonds is 14. The van der Waals surface area contributed by atoms with E-state index in [2.05, 4.69) is 54.8 Å². The molecule has 0 spiro atoms. The molecular formula is C34H39NO3. The number of aromatic nitrogens is 1. The summed E-state index contributed by atoms with van der Waals surface area (Å²) in [6.07, 6.45) is 6.52. The van der Waals surface area contributed by atoms with Crippen molar-refractivity contribution in [2.45, 2.75) is 71.4 Å². The van der Waals surface area contributed by atoms with Crippen LogP contribution in [-0.2, 0) is 30.6 Å². The van der Waals surface area contributed by atoms with Crippen molar-refractivity contribution in [3.8, 4) is 17.0 Å². The first-order chi connectivity index (χ1) is 18.5. The Morgan fingerprint density at radius 1 is 0.789 bits per heavy atom. The fourth-order valence-electron chi connectivity index (χ4n) is 4.89. The zero-order valence-corrected chi connectivity index (χ0v) is 22.6. The highest BCUT2D eigenvalue weighted by Crippen LogP contribution is 2.26. The van der Waals surface area contributed by atoms with E-state index in [-0.39, 0.29) is 0 Å². The molecule has 0 fully saturated rings. The lowest BCUT2D eigenvalue weighted by Gasteiger charge is -2.16. The van der Waals surface area contributed by atoms with Crippen molar-refractivity contribution in [2.24, 2.45) is 0 Å². The number of benzene rings is 3. The highest BCUT2D eigenvalue weighted by molar-refractivity contribution is 5.73. The summed E-state index contributed by atoms with van der Waals surface area (Å²) in [4.78, 5) is 11.8. The van der Waals surface area contributed by atoms with E-state index in [0.717, 1.165) is 30.5 Å². The van der Waals surface area contributed by atoms with E-state index in [1.807, 2.05) is 54.6 Å². The van der Waals surface area contributed by atoms with Gasteiger partial charge in [0.15, 0.2) is 6.10 Å². The second-order valence-electron chi connectivity index (χ2n) is 10.0. The molecule has 1 heterocycles. The maximum Gasteiger partial charge on any atom is 0.345 e. The number of aliphatic carboxylic acids is 1. The Kier molecular flexibility index (Phi) is 9.80. The molecule has 0 aliphatic rings. The van der Waals surface area contributed by atoms with Gasteiger partial charge in [0.05, 0.1) is 0 Å². The SMILES string of the molecule is CCCCCc1ccc(CCCn2c(C)ccc2-c2ccc(O[C@H](Cc3ccccc3)C(=O)O)cc2)cc1. The number of carboxylic acid groups (broad SMARTS) is 1. The number of nitrogens with zero attached hydrogens (tertiary/aromatic N) is 1. The lowest BCUT2D eigenvalue weighted by atomic mass is 10.0. The lowest BCUT2D eigenvalue weighted by Crippen LogP contribution is -2.29. The molecule has 4 aromatic rings. The van der Waals surface area contributed by atoms with Crippen LogP contribution in [0.3, 0.4) is 0 Å². The molecule has 4 nitrogen and oxygen atoms in total. The molecule has 1 aromatic heterocycles. The van der Waals surface area contributed by atoms with Crippen LogP contribution in [0.4, 0.5) is 0 Å². The molecule has 0 saturated carbocycles. The molecule has 198 valence electrons. The summed E-state index contributed by atoms with van der Waals surface area (Å²) in [7, 11) is 0. The molecule has 0 unspecified atom stereocenters. The van der Waals surface area contributed by atoms with Crippen LogP contribution in [0.1, 0.15) is 55.0 Å². The summed E-state index contributed by atoms with van der Waals surface area (Å²) in [5, 5.41) is 9.66. The highest BCUT2D eigenvalue weighted by atomic mass is 16.5. The molecule has 1 N–H and O–H groups in total. The Balaban J connectivity index is 1.35. The van der Waals surface area contributed by atoms with Crippen LogP contribution in [0.2, 0.25) is 0 Å². The van der Waals surface area contributed by atoms with Gasteiger partial charge in [0.2, 0.25) is 0 Å². The van der Waals surface area contributed by atoms with E-state index in [1.54, 1.807) is 0 Å². The van der Waals surface area contributed by atoms with Gasteiger partial charge in [0.1, 0.15) is 5.75 Å². The monoisotopic (exact) mass is 509 g/mol. The maximum atomic E-state index is 11.8. The largest absolute Gasteiger partial charge is 0.478 e. The average Bonchev–Trinajstić information content (AvgIpc) is 3.30. The van der Waals surface area contributed by atoms with Crippen LogP contribution in [0.5, 0.6) is 5.75 Å². The molecule has 0 aliphatic heterocycles. The Morgan fingerprint density at radius 2 is 1.45 bits per heavy atom. The molecule has 0 amide bonds. The smallest absolute Gasteiger partial charge is 0.345 e. The normalized spacial score (nSPS) is 11.8. The van der Waals surface area contributed by atoms with Gasteiger partial charge in [-0.25, -0.2) is 4.79 Å². The molecule has 3 aromatic carbocycles. The summed E-state index contributed by atoms with van der Waals surface area (Å²) < 4.78 is 8.21. The van der Waals surface area contributed by atoms with Gasteiger partial charge in [-0.3, -0.25) is 0 Å². The maximum absolute atomic E-state index is 11.8. The molecule has 4 rings (SSSR count). The van der Waals surface area contributed by atoms with Gasteiger partial charge >= 0.3 is 5.97 Å². The molecule has 0 aliphatic carbocycles. The van der Waals surface area contributed by atoms with E-state index < -0.39 is 12.1 Å². The first kappa shape index (κ1) is 27.3. The minimum atomic E-state index is -0.964. The van der Waals surface area contributed by atoms with Gasteiger partial charge < -0.3 is 14.4 Å². The van der Waals surface area contributed by atoms with Gasteiger partial charge in [-0.15, -0.1) is 0 Å². The summed E-state index contributed by atoms with van der Waals surface area (Å²) in [5.74, 6) is -0.404. The van der Waals surface area contributed by atoms with Crippen molar-refractivity contribution in [2.75, 3.05) is 0 Å². The predicted molar refractivity (Wildman–Crippen MR) is 155 cm³/mol. The van der Waals surface area contributed by atoms with Crippen molar-refractivity contribution in [3.63, 3.8) is 0 Å². The first-order valence-corrected chi connectivity index (χ1v) is 13.8. The van der Waals surface area contributed by atoms with Crippen molar-refractivity contribution in [1.82, 2.24) is 4.57 Å². The fraction of sp³-hybridized carbons (Fsp3) is 0.324. The van der Waals surface area contributed by atoms with E-state index in [1.165, 1.54) is 48.2 Å². The van der Waals surface area contributed by atoms with Crippen LogP contribution < -0.4 is 4.74 Å². The number of ether oxygens (including phenoxy) is 1. The first-order valence-electron chi connectivity index (χ1n) is 13.8. The Bertz CT molecular complexity index is 1270. The minimum absolute atomic E-state index is 0.321. The van der Waals surface area contributed by atoms with Gasteiger partial charge in [0, 0.05) is 24.4 Å². The molecule has 0 saturated heterocycles. The third-order valence-corrected chi connectivity index (χ3v) is 7.11. The van der Waals surface area contributed by atoms with Crippen LogP contribution in [0.15, 0.2) is 91.0 Å². The van der Waals surface area contributed by atoms with Gasteiger partial charge in [-0.2, -0.15) is 0 Å². The fourth-order valence-corrected chi connectivity index (χ4v) is 4.89. The topological polar surface area (TPSA) is 51.5 Å². The van der Waals surface area contributed by atoms with E-state index in [0.29, 0.717) is 12.2 Å². The van der Waals surface area contributed by atoms with Gasteiger partial charge in [-0.1, -0.05) is 74.4 Å². The predicted octanol–water partition coefficient (Wildman–Crippen LogP) is 7.90. The Morgan fingerprint density at radius 3 is 2.08 bits per heavy atom. The van der Waals surface area contributed by atoms with E-state index in [9.17, 15) is 9.90 Å². The minimum Gasteiger partial charge on any atom is -0.478 e. The number of hydrogen-bond acceptors (Lipinski definition) is 2. The van der Waals surface area contributed by atoms with Crippen molar-refractivity contribution >= 4 is 5.97 Å². The Hall–Kier alpha value is -3.79. The molecule has 0 bridgehead atoms. The quantitative estimate of drug-likeness (QED) is 0.176. The molecule has 1 atom stereocenters. The summed E-state index contributed by atoms with van der Waals surface area (Å²) in [5.41, 5.74) is 7.26. The second-order valence-corrected chi connectivity index (χ2v) is 10.0. The van der Waals surface area contributed by atoms with Crippen molar-refractivity contribution in [1.29, 1.82) is 0 Å². The number of unbranched alkanes of at least 4 members (excludes halogenated alkanes) is 2. The number of carboxylic acids is 1. The standard InChI is InChI=1S/C34H39NO3/c1-3-4-6-10-27-15-17-28(18-16-27)13-9-24-35-26(2)14-23-32(35)30-19-21-31(22-20-30)38-33(34(36)37)25-29-11-7-5-8-12-29/h5,7-8,11-12,14-23,33H,3-4,6,9-10,13,24-25H2,1-2H3,(H,36,37)/t33-/m1/s1. The summed E-state index contributed by atoms with van der Waals surface area (Å²) in [6, 6.07) is 30.8. The van der Waals surface area contributed by atoms with Crippen molar-refractivity contribution < 1.29 is 14.6 Å². The van der Waals surface area contributed by atoms with Crippen LogP contribution in [0, 0.1) is 6.92 Å². The second kappa shape index (κ2) is 13.7. The number of carbonyl (C=O) groups is 1. The van der Waals surface area contributed by atoms with E-state index in [4.69, 9.17) is 4.74 Å². The number of hydrogen-bond donors (Lipinski definition) is 1. The Labute approximate surface area is 226 Å². The van der Waals surface area contributed by atoms with Crippen LogP contribution >= 0.6 is 0 Å². The molecular weight excluding hydrogens is 470 g/mol. The van der Waals surface area contributed by atoms with Gasteiger partial charge in [-0.05, 0) is 91.3 Å². The summed E-state index contributed by atoms with van der Waals surface area (Å²) in [6.45, 7) is 5.34. The highest BCUT2D eigenvalue weighted by Gasteiger charge is 2.20. The average molecular weight is 510 g/mol.